The summed E-state index contributed by atoms with van der Waals surface area (Å²) in [5.74, 6) is -0.315. The summed E-state index contributed by atoms with van der Waals surface area (Å²) in [6, 6.07) is -0.824. The number of ketones is 1. The maximum atomic E-state index is 10.5. The standard InChI is InChI=1S/C5H12N2O2/c1-3(8)5(7)4(9)2-6/h3,5,8H,2,6-7H2,1H3. The van der Waals surface area contributed by atoms with Gasteiger partial charge in [-0.2, -0.15) is 0 Å². The van der Waals surface area contributed by atoms with Crippen LogP contribution >= 0.6 is 0 Å². The molecule has 0 aliphatic rings. The maximum Gasteiger partial charge on any atom is 0.165 e. The van der Waals surface area contributed by atoms with Crippen LogP contribution in [0.2, 0.25) is 0 Å². The molecule has 0 aliphatic carbocycles. The van der Waals surface area contributed by atoms with Crippen LogP contribution in [0.4, 0.5) is 0 Å². The summed E-state index contributed by atoms with van der Waals surface area (Å²) in [5, 5.41) is 8.72. The molecule has 2 unspecified atom stereocenters. The van der Waals surface area contributed by atoms with E-state index in [1.165, 1.54) is 6.92 Å². The lowest BCUT2D eigenvalue weighted by Crippen LogP contribution is -2.43. The number of hydrogen-bond acceptors (Lipinski definition) is 4. The minimum absolute atomic E-state index is 0.105. The molecule has 0 bridgehead atoms. The molecule has 2 atom stereocenters. The molecule has 0 saturated carbocycles. The number of nitrogens with two attached hydrogens (primary N) is 2. The highest BCUT2D eigenvalue weighted by molar-refractivity contribution is 5.85. The van der Waals surface area contributed by atoms with Crippen molar-refractivity contribution in [1.82, 2.24) is 0 Å². The zero-order valence-electron chi connectivity index (χ0n) is 5.37. The zero-order valence-corrected chi connectivity index (χ0v) is 5.37. The van der Waals surface area contributed by atoms with Gasteiger partial charge in [-0.05, 0) is 6.92 Å². The molecule has 0 aliphatic heterocycles. The smallest absolute Gasteiger partial charge is 0.165 e. The van der Waals surface area contributed by atoms with Crippen molar-refractivity contribution in [3.63, 3.8) is 0 Å². The van der Waals surface area contributed by atoms with Gasteiger partial charge in [0.05, 0.1) is 18.7 Å². The number of Topliss-reactive ketones (excluding diaryl/α,β-unsaturated/α-hetero) is 1. The SMILES string of the molecule is CC(O)C(N)C(=O)CN. The minimum Gasteiger partial charge on any atom is -0.391 e. The molecular formula is C5H12N2O2. The Hall–Kier alpha value is -0.450. The summed E-state index contributed by atoms with van der Waals surface area (Å²) < 4.78 is 0. The first-order valence-corrected chi connectivity index (χ1v) is 2.76. The Kier molecular flexibility index (Phi) is 3.37. The predicted octanol–water partition coefficient (Wildman–Crippen LogP) is -1.78. The number of aliphatic hydroxyl groups excluding tert-OH is 1. The maximum absolute atomic E-state index is 10.5. The molecule has 0 radical (unpaired) electrons. The molecule has 0 spiro atoms. The van der Waals surface area contributed by atoms with Gasteiger partial charge < -0.3 is 16.6 Å². The van der Waals surface area contributed by atoms with Crippen LogP contribution in [0.5, 0.6) is 0 Å². The molecule has 9 heavy (non-hydrogen) atoms. The third-order valence-electron chi connectivity index (χ3n) is 1.09. The van der Waals surface area contributed by atoms with Gasteiger partial charge in [0.2, 0.25) is 0 Å². The number of hydrogen-bond donors (Lipinski definition) is 3. The number of carbonyl (C=O) groups excluding carboxylic acids is 1. The lowest BCUT2D eigenvalue weighted by atomic mass is 10.1. The Morgan fingerprint density at radius 2 is 2.22 bits per heavy atom. The average Bonchev–Trinajstić information content (AvgIpc) is 1.84. The van der Waals surface area contributed by atoms with Gasteiger partial charge in [-0.1, -0.05) is 0 Å². The Bertz CT molecular complexity index is 103. The first kappa shape index (κ1) is 8.55. The molecule has 0 heterocycles. The van der Waals surface area contributed by atoms with Gasteiger partial charge in [-0.25, -0.2) is 0 Å². The van der Waals surface area contributed by atoms with E-state index in [9.17, 15) is 4.79 Å². The van der Waals surface area contributed by atoms with Gasteiger partial charge in [0.25, 0.3) is 0 Å². The minimum atomic E-state index is -0.824. The monoisotopic (exact) mass is 132 g/mol. The molecule has 0 saturated heterocycles. The molecule has 4 nitrogen and oxygen atoms in total. The van der Waals surface area contributed by atoms with Crippen LogP contribution in [-0.2, 0) is 4.79 Å². The highest BCUT2D eigenvalue weighted by atomic mass is 16.3. The van der Waals surface area contributed by atoms with E-state index < -0.39 is 12.1 Å². The van der Waals surface area contributed by atoms with Crippen molar-refractivity contribution in [3.8, 4) is 0 Å². The van der Waals surface area contributed by atoms with E-state index in [2.05, 4.69) is 0 Å². The molecule has 0 aromatic heterocycles. The van der Waals surface area contributed by atoms with Crippen LogP contribution in [0.15, 0.2) is 0 Å². The number of carbonyl (C=O) groups is 1. The van der Waals surface area contributed by atoms with Crippen LogP contribution in [0.3, 0.4) is 0 Å². The second-order valence-corrected chi connectivity index (χ2v) is 1.94. The third-order valence-corrected chi connectivity index (χ3v) is 1.09. The fourth-order valence-electron chi connectivity index (χ4n) is 0.405. The molecule has 54 valence electrons. The molecule has 0 amide bonds. The molecule has 5 N–H and O–H groups in total. The molecule has 0 aromatic carbocycles. The van der Waals surface area contributed by atoms with Crippen LogP contribution < -0.4 is 11.5 Å². The second-order valence-electron chi connectivity index (χ2n) is 1.94. The summed E-state index contributed by atoms with van der Waals surface area (Å²) in [6.07, 6.45) is -0.805. The molecule has 0 fully saturated rings. The van der Waals surface area contributed by atoms with Crippen molar-refractivity contribution in [1.29, 1.82) is 0 Å². The van der Waals surface area contributed by atoms with E-state index in [4.69, 9.17) is 16.6 Å². The van der Waals surface area contributed by atoms with Crippen molar-refractivity contribution >= 4 is 5.78 Å². The van der Waals surface area contributed by atoms with Gasteiger partial charge in [-0.3, -0.25) is 4.79 Å². The second kappa shape index (κ2) is 3.55. The Morgan fingerprint density at radius 3 is 2.33 bits per heavy atom. The fourth-order valence-corrected chi connectivity index (χ4v) is 0.405. The van der Waals surface area contributed by atoms with Crippen molar-refractivity contribution < 1.29 is 9.90 Å². The largest absolute Gasteiger partial charge is 0.391 e. The van der Waals surface area contributed by atoms with E-state index >= 15 is 0 Å². The van der Waals surface area contributed by atoms with Gasteiger partial charge in [0.15, 0.2) is 5.78 Å². The summed E-state index contributed by atoms with van der Waals surface area (Å²) in [4.78, 5) is 10.5. The van der Waals surface area contributed by atoms with Crippen molar-refractivity contribution in [3.05, 3.63) is 0 Å². The first-order chi connectivity index (χ1) is 4.09. The van der Waals surface area contributed by atoms with E-state index in [0.717, 1.165) is 0 Å². The average molecular weight is 132 g/mol. The summed E-state index contributed by atoms with van der Waals surface area (Å²) >= 11 is 0. The normalized spacial score (nSPS) is 16.9. The molecule has 0 rings (SSSR count). The van der Waals surface area contributed by atoms with Gasteiger partial charge >= 0.3 is 0 Å². The molecule has 0 aromatic rings. The van der Waals surface area contributed by atoms with Crippen molar-refractivity contribution in [2.75, 3.05) is 6.54 Å². The van der Waals surface area contributed by atoms with E-state index in [0.29, 0.717) is 0 Å². The lowest BCUT2D eigenvalue weighted by molar-refractivity contribution is -0.120. The van der Waals surface area contributed by atoms with Crippen LogP contribution in [0, 0.1) is 0 Å². The summed E-state index contributed by atoms with van der Waals surface area (Å²) in [5.41, 5.74) is 10.2. The predicted molar refractivity (Wildman–Crippen MR) is 33.7 cm³/mol. The Labute approximate surface area is 53.8 Å². The van der Waals surface area contributed by atoms with Gasteiger partial charge in [0, 0.05) is 0 Å². The highest BCUT2D eigenvalue weighted by Crippen LogP contribution is 1.87. The summed E-state index contributed by atoms with van der Waals surface area (Å²) in [7, 11) is 0. The zero-order chi connectivity index (χ0) is 7.44. The molecule has 4 heteroatoms. The Balaban J connectivity index is 3.72. The topological polar surface area (TPSA) is 89.3 Å². The van der Waals surface area contributed by atoms with Gasteiger partial charge in [0.1, 0.15) is 0 Å². The summed E-state index contributed by atoms with van der Waals surface area (Å²) in [6.45, 7) is 1.35. The van der Waals surface area contributed by atoms with Gasteiger partial charge in [-0.15, -0.1) is 0 Å². The quantitative estimate of drug-likeness (QED) is 0.423. The first-order valence-electron chi connectivity index (χ1n) is 2.76. The Morgan fingerprint density at radius 1 is 1.78 bits per heavy atom. The van der Waals surface area contributed by atoms with E-state index in [1.807, 2.05) is 0 Å². The van der Waals surface area contributed by atoms with Crippen molar-refractivity contribution in [2.24, 2.45) is 11.5 Å². The highest BCUT2D eigenvalue weighted by Gasteiger charge is 2.15. The van der Waals surface area contributed by atoms with E-state index in [1.54, 1.807) is 0 Å². The lowest BCUT2D eigenvalue weighted by Gasteiger charge is -2.10. The van der Waals surface area contributed by atoms with Crippen LogP contribution in [-0.4, -0.2) is 29.6 Å². The number of aliphatic hydroxyl groups is 1. The van der Waals surface area contributed by atoms with E-state index in [-0.39, 0.29) is 12.3 Å². The third kappa shape index (κ3) is 2.55. The number of rotatable bonds is 3. The molecular weight excluding hydrogens is 120 g/mol. The fraction of sp³-hybridized carbons (Fsp3) is 0.800. The van der Waals surface area contributed by atoms with Crippen molar-refractivity contribution in [2.45, 2.75) is 19.1 Å². The van der Waals surface area contributed by atoms with Crippen LogP contribution in [0.25, 0.3) is 0 Å². The van der Waals surface area contributed by atoms with Crippen LogP contribution in [0.1, 0.15) is 6.92 Å².